The van der Waals surface area contributed by atoms with E-state index in [9.17, 15) is 14.4 Å². The summed E-state index contributed by atoms with van der Waals surface area (Å²) in [5.41, 5.74) is 0.788. The molecule has 2 aromatic rings. The number of likely N-dealkylation sites (tertiary alicyclic amines) is 1. The molecule has 8 heteroatoms. The number of aromatic nitrogens is 2. The maximum atomic E-state index is 12.7. The topological polar surface area (TPSA) is 101 Å². The van der Waals surface area contributed by atoms with Gasteiger partial charge in [-0.05, 0) is 37.0 Å². The van der Waals surface area contributed by atoms with Gasteiger partial charge in [-0.3, -0.25) is 19.4 Å². The minimum absolute atomic E-state index is 0.0870. The lowest BCUT2D eigenvalue weighted by molar-refractivity contribution is -0.131. The number of esters is 1. The Balaban J connectivity index is 1.49. The minimum atomic E-state index is -0.422. The van der Waals surface area contributed by atoms with Gasteiger partial charge in [0.25, 0.3) is 11.8 Å². The van der Waals surface area contributed by atoms with Gasteiger partial charge in [-0.15, -0.1) is 0 Å². The van der Waals surface area contributed by atoms with Crippen molar-refractivity contribution in [1.29, 1.82) is 0 Å². The van der Waals surface area contributed by atoms with Crippen LogP contribution in [0.1, 0.15) is 40.6 Å². The maximum Gasteiger partial charge on any atom is 0.308 e. The molecule has 0 atom stereocenters. The number of nitrogens with one attached hydrogen (secondary N) is 1. The van der Waals surface area contributed by atoms with Crippen molar-refractivity contribution in [2.45, 2.75) is 19.8 Å². The Morgan fingerprint density at radius 2 is 2.00 bits per heavy atom. The normalized spacial score (nSPS) is 14.4. The summed E-state index contributed by atoms with van der Waals surface area (Å²) in [5, 5.41) is 2.88. The van der Waals surface area contributed by atoms with Gasteiger partial charge in [0.05, 0.1) is 6.20 Å². The van der Waals surface area contributed by atoms with Crippen molar-refractivity contribution in [3.63, 3.8) is 0 Å². The third-order valence-corrected chi connectivity index (χ3v) is 4.59. The zero-order chi connectivity index (χ0) is 19.9. The molecule has 8 nitrogen and oxygen atoms in total. The fraction of sp³-hybridized carbons (Fsp3) is 0.350. The molecule has 1 aliphatic heterocycles. The molecule has 0 bridgehead atoms. The molecule has 1 fully saturated rings. The first-order chi connectivity index (χ1) is 13.5. The largest absolute Gasteiger partial charge is 0.427 e. The number of amides is 2. The summed E-state index contributed by atoms with van der Waals surface area (Å²) in [6.45, 7) is 3.09. The standard InChI is InChI=1S/C20H22N4O4/c1-14(25)28-17-4-2-3-16(11-17)20(27)24-9-5-15(6-10-24)12-23-19(26)18-13-21-7-8-22-18/h2-4,7-8,11,13,15H,5-6,9-10,12H2,1H3,(H,23,26). The third-order valence-electron chi connectivity index (χ3n) is 4.59. The summed E-state index contributed by atoms with van der Waals surface area (Å²) in [6, 6.07) is 6.63. The average molecular weight is 382 g/mol. The minimum Gasteiger partial charge on any atom is -0.427 e. The molecule has 146 valence electrons. The summed E-state index contributed by atoms with van der Waals surface area (Å²) in [5.74, 6) is -0.0871. The number of ether oxygens (including phenoxy) is 1. The number of benzene rings is 1. The number of carbonyl (C=O) groups excluding carboxylic acids is 3. The van der Waals surface area contributed by atoms with E-state index in [1.165, 1.54) is 25.5 Å². The zero-order valence-corrected chi connectivity index (χ0v) is 15.6. The van der Waals surface area contributed by atoms with Crippen molar-refractivity contribution in [1.82, 2.24) is 20.2 Å². The van der Waals surface area contributed by atoms with E-state index in [-0.39, 0.29) is 11.8 Å². The van der Waals surface area contributed by atoms with Crippen LogP contribution in [-0.4, -0.2) is 52.3 Å². The fourth-order valence-electron chi connectivity index (χ4n) is 3.13. The van der Waals surface area contributed by atoms with E-state index >= 15 is 0 Å². The van der Waals surface area contributed by atoms with Crippen LogP contribution in [0.25, 0.3) is 0 Å². The van der Waals surface area contributed by atoms with Crippen LogP contribution in [0.15, 0.2) is 42.9 Å². The Hall–Kier alpha value is -3.29. The molecule has 1 aliphatic rings. The van der Waals surface area contributed by atoms with Crippen LogP contribution in [0.3, 0.4) is 0 Å². The van der Waals surface area contributed by atoms with E-state index in [1.807, 2.05) is 0 Å². The number of piperidine rings is 1. The van der Waals surface area contributed by atoms with E-state index in [2.05, 4.69) is 15.3 Å². The van der Waals surface area contributed by atoms with Crippen LogP contribution in [0.4, 0.5) is 0 Å². The summed E-state index contributed by atoms with van der Waals surface area (Å²) < 4.78 is 5.04. The molecular weight excluding hydrogens is 360 g/mol. The number of carbonyl (C=O) groups is 3. The van der Waals surface area contributed by atoms with Crippen LogP contribution < -0.4 is 10.1 Å². The molecule has 0 radical (unpaired) electrons. The number of rotatable bonds is 5. The Bertz CT molecular complexity index is 848. The molecule has 0 spiro atoms. The highest BCUT2D eigenvalue weighted by Crippen LogP contribution is 2.20. The van der Waals surface area contributed by atoms with Crippen molar-refractivity contribution in [3.8, 4) is 5.75 Å². The first-order valence-electron chi connectivity index (χ1n) is 9.15. The van der Waals surface area contributed by atoms with Crippen LogP contribution in [-0.2, 0) is 4.79 Å². The Labute approximate surface area is 162 Å². The first kappa shape index (κ1) is 19.5. The van der Waals surface area contributed by atoms with Gasteiger partial charge < -0.3 is 15.0 Å². The predicted molar refractivity (Wildman–Crippen MR) is 101 cm³/mol. The van der Waals surface area contributed by atoms with E-state index in [1.54, 1.807) is 29.2 Å². The molecule has 0 saturated carbocycles. The molecule has 1 aromatic carbocycles. The number of hydrogen-bond donors (Lipinski definition) is 1. The first-order valence-corrected chi connectivity index (χ1v) is 9.15. The Morgan fingerprint density at radius 1 is 1.21 bits per heavy atom. The second-order valence-corrected chi connectivity index (χ2v) is 6.66. The maximum absolute atomic E-state index is 12.7. The molecule has 2 heterocycles. The summed E-state index contributed by atoms with van der Waals surface area (Å²) in [4.78, 5) is 45.5. The van der Waals surface area contributed by atoms with Gasteiger partial charge in [0, 0.05) is 44.5 Å². The molecule has 2 amide bonds. The van der Waals surface area contributed by atoms with Crippen molar-refractivity contribution in [2.75, 3.05) is 19.6 Å². The number of nitrogens with zero attached hydrogens (tertiary/aromatic N) is 3. The van der Waals surface area contributed by atoms with Gasteiger partial charge in [0.1, 0.15) is 11.4 Å². The van der Waals surface area contributed by atoms with E-state index in [0.29, 0.717) is 42.6 Å². The van der Waals surface area contributed by atoms with Crippen molar-refractivity contribution >= 4 is 17.8 Å². The highest BCUT2D eigenvalue weighted by Gasteiger charge is 2.24. The van der Waals surface area contributed by atoms with Gasteiger partial charge in [-0.25, -0.2) is 4.98 Å². The Morgan fingerprint density at radius 3 is 2.68 bits per heavy atom. The third kappa shape index (κ3) is 5.12. The lowest BCUT2D eigenvalue weighted by Gasteiger charge is -2.32. The molecule has 1 aromatic heterocycles. The van der Waals surface area contributed by atoms with E-state index in [0.717, 1.165) is 12.8 Å². The number of hydrogen-bond acceptors (Lipinski definition) is 6. The molecule has 0 aliphatic carbocycles. The molecular formula is C20H22N4O4. The van der Waals surface area contributed by atoms with Crippen LogP contribution in [0.5, 0.6) is 5.75 Å². The smallest absolute Gasteiger partial charge is 0.308 e. The highest BCUT2D eigenvalue weighted by molar-refractivity contribution is 5.95. The van der Waals surface area contributed by atoms with Crippen molar-refractivity contribution < 1.29 is 19.1 Å². The summed E-state index contributed by atoms with van der Waals surface area (Å²) >= 11 is 0. The SMILES string of the molecule is CC(=O)Oc1cccc(C(=O)N2CCC(CNC(=O)c3cnccn3)CC2)c1. The quantitative estimate of drug-likeness (QED) is 0.624. The Kier molecular flexibility index (Phi) is 6.31. The van der Waals surface area contributed by atoms with Gasteiger partial charge in [0.2, 0.25) is 0 Å². The van der Waals surface area contributed by atoms with Gasteiger partial charge in [-0.1, -0.05) is 6.07 Å². The lowest BCUT2D eigenvalue weighted by atomic mass is 9.96. The predicted octanol–water partition coefficient (Wildman–Crippen LogP) is 1.68. The highest BCUT2D eigenvalue weighted by atomic mass is 16.5. The average Bonchev–Trinajstić information content (AvgIpc) is 2.72. The summed E-state index contributed by atoms with van der Waals surface area (Å²) in [7, 11) is 0. The fourth-order valence-corrected chi connectivity index (χ4v) is 3.13. The van der Waals surface area contributed by atoms with Gasteiger partial charge in [-0.2, -0.15) is 0 Å². The van der Waals surface area contributed by atoms with Crippen LogP contribution in [0, 0.1) is 5.92 Å². The zero-order valence-electron chi connectivity index (χ0n) is 15.6. The van der Waals surface area contributed by atoms with E-state index < -0.39 is 5.97 Å². The second kappa shape index (κ2) is 9.07. The van der Waals surface area contributed by atoms with Gasteiger partial charge in [0.15, 0.2) is 0 Å². The molecule has 0 unspecified atom stereocenters. The van der Waals surface area contributed by atoms with Crippen molar-refractivity contribution in [2.24, 2.45) is 5.92 Å². The van der Waals surface area contributed by atoms with E-state index in [4.69, 9.17) is 4.74 Å². The molecule has 3 rings (SSSR count). The van der Waals surface area contributed by atoms with Gasteiger partial charge >= 0.3 is 5.97 Å². The summed E-state index contributed by atoms with van der Waals surface area (Å²) in [6.07, 6.45) is 6.04. The molecule has 28 heavy (non-hydrogen) atoms. The lowest BCUT2D eigenvalue weighted by Crippen LogP contribution is -2.41. The van der Waals surface area contributed by atoms with Crippen LogP contribution in [0.2, 0.25) is 0 Å². The molecule has 1 saturated heterocycles. The monoisotopic (exact) mass is 382 g/mol. The second-order valence-electron chi connectivity index (χ2n) is 6.66. The molecule has 1 N–H and O–H groups in total. The van der Waals surface area contributed by atoms with Crippen molar-refractivity contribution in [3.05, 3.63) is 54.1 Å². The van der Waals surface area contributed by atoms with Crippen LogP contribution >= 0.6 is 0 Å².